The number of rotatable bonds is 1. The highest BCUT2D eigenvalue weighted by molar-refractivity contribution is 7.12. The number of nitrogens with one attached hydrogen (secondary N) is 1. The Bertz CT molecular complexity index is 449. The molecule has 1 atom stereocenters. The Morgan fingerprint density at radius 3 is 2.62 bits per heavy atom. The first-order valence-electron chi connectivity index (χ1n) is 4.81. The summed E-state index contributed by atoms with van der Waals surface area (Å²) in [7, 11) is 0. The molecular formula is C11H14Cl2N2S. The van der Waals surface area contributed by atoms with Gasteiger partial charge in [0.15, 0.2) is 0 Å². The molecule has 0 saturated carbocycles. The SMILES string of the molecule is CC1=NC(c2cc(C)sc2C)C(Cl)=CN1.Cl. The average Bonchev–Trinajstić information content (AvgIpc) is 2.50. The van der Waals surface area contributed by atoms with Gasteiger partial charge in [-0.05, 0) is 32.4 Å². The zero-order valence-electron chi connectivity index (χ0n) is 9.37. The van der Waals surface area contributed by atoms with Crippen molar-refractivity contribution in [1.82, 2.24) is 5.32 Å². The third kappa shape index (κ3) is 2.59. The average molecular weight is 277 g/mol. The highest BCUT2D eigenvalue weighted by Gasteiger charge is 2.20. The van der Waals surface area contributed by atoms with Gasteiger partial charge in [0.2, 0.25) is 0 Å². The Morgan fingerprint density at radius 2 is 2.06 bits per heavy atom. The Labute approximate surface area is 111 Å². The van der Waals surface area contributed by atoms with Gasteiger partial charge in [-0.2, -0.15) is 0 Å². The summed E-state index contributed by atoms with van der Waals surface area (Å²) in [5.74, 6) is 0.910. The number of thiophene rings is 1. The summed E-state index contributed by atoms with van der Waals surface area (Å²) < 4.78 is 0. The van der Waals surface area contributed by atoms with Crippen LogP contribution in [0.3, 0.4) is 0 Å². The van der Waals surface area contributed by atoms with E-state index in [-0.39, 0.29) is 18.4 Å². The van der Waals surface area contributed by atoms with Gasteiger partial charge in [-0.1, -0.05) is 11.6 Å². The smallest absolute Gasteiger partial charge is 0.115 e. The van der Waals surface area contributed by atoms with E-state index < -0.39 is 0 Å². The first kappa shape index (κ1) is 13.6. The quantitative estimate of drug-likeness (QED) is 0.826. The highest BCUT2D eigenvalue weighted by atomic mass is 35.5. The highest BCUT2D eigenvalue weighted by Crippen LogP contribution is 2.35. The summed E-state index contributed by atoms with van der Waals surface area (Å²) >= 11 is 7.95. The van der Waals surface area contributed by atoms with E-state index >= 15 is 0 Å². The second kappa shape index (κ2) is 5.21. The summed E-state index contributed by atoms with van der Waals surface area (Å²) in [6, 6.07) is 2.15. The molecule has 0 aromatic carbocycles. The first-order valence-corrected chi connectivity index (χ1v) is 6.01. The van der Waals surface area contributed by atoms with Crippen LogP contribution in [0.2, 0.25) is 0 Å². The van der Waals surface area contributed by atoms with E-state index in [4.69, 9.17) is 11.6 Å². The summed E-state index contributed by atoms with van der Waals surface area (Å²) in [6.45, 7) is 6.17. The molecule has 2 rings (SSSR count). The van der Waals surface area contributed by atoms with E-state index in [1.165, 1.54) is 15.3 Å². The molecule has 0 fully saturated rings. The molecule has 5 heteroatoms. The van der Waals surface area contributed by atoms with Crippen LogP contribution >= 0.6 is 35.3 Å². The maximum absolute atomic E-state index is 6.16. The van der Waals surface area contributed by atoms with Crippen molar-refractivity contribution in [1.29, 1.82) is 0 Å². The van der Waals surface area contributed by atoms with Crippen LogP contribution in [0.15, 0.2) is 22.3 Å². The molecule has 2 nitrogen and oxygen atoms in total. The van der Waals surface area contributed by atoms with Gasteiger partial charge < -0.3 is 5.32 Å². The van der Waals surface area contributed by atoms with E-state index in [0.29, 0.717) is 0 Å². The van der Waals surface area contributed by atoms with E-state index in [1.54, 1.807) is 11.3 Å². The van der Waals surface area contributed by atoms with Crippen LogP contribution in [0, 0.1) is 13.8 Å². The molecule has 1 aromatic heterocycles. The molecule has 2 heterocycles. The van der Waals surface area contributed by atoms with Crippen LogP contribution in [-0.2, 0) is 0 Å². The van der Waals surface area contributed by atoms with Crippen LogP contribution in [-0.4, -0.2) is 5.84 Å². The van der Waals surface area contributed by atoms with E-state index in [1.807, 2.05) is 13.1 Å². The molecule has 0 saturated heterocycles. The molecule has 0 radical (unpaired) electrons. The van der Waals surface area contributed by atoms with E-state index in [0.717, 1.165) is 10.9 Å². The van der Waals surface area contributed by atoms with Gasteiger partial charge in [0, 0.05) is 16.0 Å². The number of nitrogens with zero attached hydrogens (tertiary/aromatic N) is 1. The molecule has 16 heavy (non-hydrogen) atoms. The van der Waals surface area contributed by atoms with Crippen molar-refractivity contribution >= 4 is 41.2 Å². The lowest BCUT2D eigenvalue weighted by Crippen LogP contribution is -2.20. The Kier molecular flexibility index (Phi) is 4.42. The molecule has 1 aromatic rings. The molecule has 1 N–H and O–H groups in total. The second-order valence-electron chi connectivity index (χ2n) is 3.66. The van der Waals surface area contributed by atoms with Crippen molar-refractivity contribution in [2.75, 3.05) is 0 Å². The summed E-state index contributed by atoms with van der Waals surface area (Å²) in [5.41, 5.74) is 1.22. The minimum absolute atomic E-state index is 0. The summed E-state index contributed by atoms with van der Waals surface area (Å²) in [5, 5.41) is 3.77. The van der Waals surface area contributed by atoms with Crippen molar-refractivity contribution in [3.8, 4) is 0 Å². The zero-order chi connectivity index (χ0) is 11.0. The number of halogens is 2. The second-order valence-corrected chi connectivity index (χ2v) is 5.56. The van der Waals surface area contributed by atoms with Crippen LogP contribution in [0.4, 0.5) is 0 Å². The van der Waals surface area contributed by atoms with Crippen LogP contribution in [0.5, 0.6) is 0 Å². The number of aliphatic imine (C=N–C) groups is 1. The van der Waals surface area contributed by atoms with Crippen LogP contribution in [0.1, 0.15) is 28.3 Å². The molecule has 88 valence electrons. The fourth-order valence-corrected chi connectivity index (χ4v) is 2.86. The molecule has 0 spiro atoms. The standard InChI is InChI=1S/C11H13ClN2S.ClH/c1-6-4-9(7(2)15-6)11-10(12)5-13-8(3)14-11;/h4-5,11H,1-3H3,(H,13,14);1H. The van der Waals surface area contributed by atoms with Crippen molar-refractivity contribution in [3.05, 3.63) is 32.6 Å². The van der Waals surface area contributed by atoms with Crippen molar-refractivity contribution in [2.24, 2.45) is 4.99 Å². The molecule has 0 amide bonds. The number of aryl methyl sites for hydroxylation is 2. The summed E-state index contributed by atoms with van der Waals surface area (Å²) in [4.78, 5) is 7.12. The maximum Gasteiger partial charge on any atom is 0.115 e. The Morgan fingerprint density at radius 1 is 1.38 bits per heavy atom. The fourth-order valence-electron chi connectivity index (χ4n) is 1.68. The molecule has 1 aliphatic rings. The zero-order valence-corrected chi connectivity index (χ0v) is 11.8. The van der Waals surface area contributed by atoms with Gasteiger partial charge in [-0.3, -0.25) is 4.99 Å². The van der Waals surface area contributed by atoms with Gasteiger partial charge in [-0.25, -0.2) is 0 Å². The van der Waals surface area contributed by atoms with Crippen molar-refractivity contribution < 1.29 is 0 Å². The molecular weight excluding hydrogens is 263 g/mol. The van der Waals surface area contributed by atoms with Gasteiger partial charge in [0.25, 0.3) is 0 Å². The number of hydrogen-bond donors (Lipinski definition) is 1. The van der Waals surface area contributed by atoms with Crippen molar-refractivity contribution in [3.63, 3.8) is 0 Å². The first-order chi connectivity index (χ1) is 7.08. The van der Waals surface area contributed by atoms with Gasteiger partial charge in [0.1, 0.15) is 6.04 Å². The lowest BCUT2D eigenvalue weighted by Gasteiger charge is -2.18. The minimum Gasteiger partial charge on any atom is -0.349 e. The van der Waals surface area contributed by atoms with E-state index in [9.17, 15) is 0 Å². The third-order valence-electron chi connectivity index (χ3n) is 2.38. The predicted octanol–water partition coefficient (Wildman–Crippen LogP) is 3.93. The number of amidine groups is 1. The lowest BCUT2D eigenvalue weighted by atomic mass is 10.1. The van der Waals surface area contributed by atoms with Crippen LogP contribution < -0.4 is 5.32 Å². The lowest BCUT2D eigenvalue weighted by molar-refractivity contribution is 0.849. The Hall–Kier alpha value is -0.510. The normalized spacial score (nSPS) is 19.4. The number of hydrogen-bond acceptors (Lipinski definition) is 3. The Balaban J connectivity index is 0.00000128. The van der Waals surface area contributed by atoms with Crippen LogP contribution in [0.25, 0.3) is 0 Å². The summed E-state index contributed by atoms with van der Waals surface area (Å²) in [6.07, 6.45) is 1.82. The van der Waals surface area contributed by atoms with E-state index in [2.05, 4.69) is 30.2 Å². The van der Waals surface area contributed by atoms with Gasteiger partial charge in [-0.15, -0.1) is 23.7 Å². The molecule has 1 unspecified atom stereocenters. The largest absolute Gasteiger partial charge is 0.349 e. The molecule has 0 aliphatic carbocycles. The monoisotopic (exact) mass is 276 g/mol. The maximum atomic E-state index is 6.16. The molecule has 0 bridgehead atoms. The van der Waals surface area contributed by atoms with Gasteiger partial charge >= 0.3 is 0 Å². The fraction of sp³-hybridized carbons (Fsp3) is 0.364. The van der Waals surface area contributed by atoms with Crippen molar-refractivity contribution in [2.45, 2.75) is 26.8 Å². The molecule has 1 aliphatic heterocycles. The topological polar surface area (TPSA) is 24.4 Å². The minimum atomic E-state index is -0.0159. The van der Waals surface area contributed by atoms with Gasteiger partial charge in [0.05, 0.1) is 10.9 Å². The third-order valence-corrected chi connectivity index (χ3v) is 3.67. The predicted molar refractivity (Wildman–Crippen MR) is 74.0 cm³/mol.